The fourth-order valence-electron chi connectivity index (χ4n) is 3.26. The maximum atomic E-state index is 12.8. The van der Waals surface area contributed by atoms with Gasteiger partial charge >= 0.3 is 0 Å². The number of aryl methyl sites for hydroxylation is 1. The fourth-order valence-corrected chi connectivity index (χ4v) is 4.52. The van der Waals surface area contributed by atoms with Gasteiger partial charge in [-0.1, -0.05) is 48.2 Å². The van der Waals surface area contributed by atoms with Crippen LogP contribution >= 0.6 is 24.0 Å². The van der Waals surface area contributed by atoms with Crippen LogP contribution in [0.5, 0.6) is 17.2 Å². The molecule has 1 amide bonds. The number of thioether (sulfide) groups is 1. The Kier molecular flexibility index (Phi) is 7.36. The second-order valence-electron chi connectivity index (χ2n) is 7.22. The number of para-hydroxylation sites is 1. The molecule has 8 heteroatoms. The minimum atomic E-state index is -0.144. The van der Waals surface area contributed by atoms with Gasteiger partial charge in [0.25, 0.3) is 5.91 Å². The normalized spacial score (nSPS) is 14.7. The van der Waals surface area contributed by atoms with Crippen molar-refractivity contribution >= 4 is 40.3 Å². The summed E-state index contributed by atoms with van der Waals surface area (Å²) < 4.78 is 23.0. The Bertz CT molecular complexity index is 1170. The topological polar surface area (TPSA) is 61.1 Å². The zero-order valence-corrected chi connectivity index (χ0v) is 19.9. The van der Waals surface area contributed by atoms with Gasteiger partial charge in [0.2, 0.25) is 0 Å². The highest BCUT2D eigenvalue weighted by Gasteiger charge is 2.32. The van der Waals surface area contributed by atoms with Crippen molar-refractivity contribution in [3.63, 3.8) is 0 Å². The SMILES string of the molecule is COc1cc(C=C2SC(=S)N(Cc3ccco3)C2=O)ccc1OCCOc1ccccc1C. The Labute approximate surface area is 202 Å². The first-order chi connectivity index (χ1) is 16.0. The molecule has 1 aliphatic heterocycles. The highest BCUT2D eigenvalue weighted by Crippen LogP contribution is 2.35. The number of benzene rings is 2. The molecule has 1 saturated heterocycles. The third-order valence-electron chi connectivity index (χ3n) is 4.95. The van der Waals surface area contributed by atoms with E-state index in [1.165, 1.54) is 16.7 Å². The van der Waals surface area contributed by atoms with Crippen molar-refractivity contribution in [1.82, 2.24) is 4.90 Å². The predicted molar refractivity (Wildman–Crippen MR) is 133 cm³/mol. The zero-order valence-electron chi connectivity index (χ0n) is 18.3. The Morgan fingerprint density at radius 3 is 2.55 bits per heavy atom. The highest BCUT2D eigenvalue weighted by atomic mass is 32.2. The Morgan fingerprint density at radius 2 is 1.82 bits per heavy atom. The lowest BCUT2D eigenvalue weighted by molar-refractivity contribution is -0.122. The number of rotatable bonds is 9. The summed E-state index contributed by atoms with van der Waals surface area (Å²) in [5.74, 6) is 2.56. The van der Waals surface area contributed by atoms with Gasteiger partial charge in [0.05, 0.1) is 24.8 Å². The Hall–Kier alpha value is -3.23. The van der Waals surface area contributed by atoms with Crippen molar-refractivity contribution in [2.45, 2.75) is 13.5 Å². The van der Waals surface area contributed by atoms with Crippen LogP contribution in [0.4, 0.5) is 0 Å². The molecule has 170 valence electrons. The number of carbonyl (C=O) groups is 1. The predicted octanol–water partition coefficient (Wildman–Crippen LogP) is 5.46. The van der Waals surface area contributed by atoms with E-state index in [1.807, 2.05) is 55.5 Å². The van der Waals surface area contributed by atoms with Crippen LogP contribution in [-0.2, 0) is 11.3 Å². The molecule has 0 saturated carbocycles. The smallest absolute Gasteiger partial charge is 0.266 e. The molecule has 0 bridgehead atoms. The molecular weight excluding hydrogens is 458 g/mol. The van der Waals surface area contributed by atoms with E-state index >= 15 is 0 Å². The molecule has 3 aromatic rings. The van der Waals surface area contributed by atoms with Gasteiger partial charge in [0.1, 0.15) is 29.0 Å². The highest BCUT2D eigenvalue weighted by molar-refractivity contribution is 8.26. The lowest BCUT2D eigenvalue weighted by Crippen LogP contribution is -2.27. The summed E-state index contributed by atoms with van der Waals surface area (Å²) >= 11 is 6.66. The number of ether oxygens (including phenoxy) is 3. The minimum absolute atomic E-state index is 0.144. The molecule has 33 heavy (non-hydrogen) atoms. The van der Waals surface area contributed by atoms with Gasteiger partial charge in [-0.3, -0.25) is 9.69 Å². The second-order valence-corrected chi connectivity index (χ2v) is 8.90. The van der Waals surface area contributed by atoms with Gasteiger partial charge in [-0.15, -0.1) is 0 Å². The molecule has 1 aliphatic rings. The van der Waals surface area contributed by atoms with Crippen molar-refractivity contribution in [3.8, 4) is 17.2 Å². The van der Waals surface area contributed by atoms with E-state index in [1.54, 1.807) is 25.5 Å². The molecule has 4 rings (SSSR count). The lowest BCUT2D eigenvalue weighted by atomic mass is 10.2. The van der Waals surface area contributed by atoms with Crippen LogP contribution in [0.15, 0.2) is 70.2 Å². The minimum Gasteiger partial charge on any atom is -0.493 e. The van der Waals surface area contributed by atoms with Crippen molar-refractivity contribution in [2.24, 2.45) is 0 Å². The average Bonchev–Trinajstić information content (AvgIpc) is 3.42. The molecule has 0 unspecified atom stereocenters. The zero-order chi connectivity index (χ0) is 23.2. The number of thiocarbonyl (C=S) groups is 1. The molecule has 0 aliphatic carbocycles. The van der Waals surface area contributed by atoms with Gasteiger partial charge in [0.15, 0.2) is 11.5 Å². The summed E-state index contributed by atoms with van der Waals surface area (Å²) in [5, 5.41) is 0. The second kappa shape index (κ2) is 10.6. The number of methoxy groups -OCH3 is 1. The first-order valence-electron chi connectivity index (χ1n) is 10.3. The van der Waals surface area contributed by atoms with Gasteiger partial charge in [-0.2, -0.15) is 0 Å². The maximum absolute atomic E-state index is 12.8. The summed E-state index contributed by atoms with van der Waals surface area (Å²) in [4.78, 5) is 14.9. The van der Waals surface area contributed by atoms with Gasteiger partial charge in [0, 0.05) is 0 Å². The third kappa shape index (κ3) is 5.58. The quantitative estimate of drug-likeness (QED) is 0.229. The summed E-state index contributed by atoms with van der Waals surface area (Å²) in [6.45, 7) is 3.10. The molecular formula is C25H23NO5S2. The number of hydrogen-bond acceptors (Lipinski definition) is 7. The van der Waals surface area contributed by atoms with Crippen LogP contribution in [0.1, 0.15) is 16.9 Å². The van der Waals surface area contributed by atoms with Crippen LogP contribution in [0.3, 0.4) is 0 Å². The molecule has 0 N–H and O–H groups in total. The summed E-state index contributed by atoms with van der Waals surface area (Å²) in [7, 11) is 1.58. The maximum Gasteiger partial charge on any atom is 0.266 e. The average molecular weight is 482 g/mol. The van der Waals surface area contributed by atoms with E-state index < -0.39 is 0 Å². The monoisotopic (exact) mass is 481 g/mol. The molecule has 6 nitrogen and oxygen atoms in total. The van der Waals surface area contributed by atoms with Crippen molar-refractivity contribution in [1.29, 1.82) is 0 Å². The Morgan fingerprint density at radius 1 is 1.03 bits per heavy atom. The van der Waals surface area contributed by atoms with Crippen LogP contribution in [-0.4, -0.2) is 35.5 Å². The first-order valence-corrected chi connectivity index (χ1v) is 11.5. The van der Waals surface area contributed by atoms with Gasteiger partial charge in [-0.05, 0) is 54.5 Å². The largest absolute Gasteiger partial charge is 0.493 e. The van der Waals surface area contributed by atoms with Crippen LogP contribution in [0, 0.1) is 6.92 Å². The van der Waals surface area contributed by atoms with Crippen molar-refractivity contribution in [2.75, 3.05) is 20.3 Å². The summed E-state index contributed by atoms with van der Waals surface area (Å²) in [6.07, 6.45) is 3.38. The number of carbonyl (C=O) groups excluding carboxylic acids is 1. The van der Waals surface area contributed by atoms with Crippen molar-refractivity contribution in [3.05, 3.63) is 82.7 Å². The number of nitrogens with zero attached hydrogens (tertiary/aromatic N) is 1. The molecule has 0 spiro atoms. The lowest BCUT2D eigenvalue weighted by Gasteiger charge is -2.13. The van der Waals surface area contributed by atoms with E-state index in [0.29, 0.717) is 46.2 Å². The van der Waals surface area contributed by atoms with E-state index in [9.17, 15) is 4.79 Å². The molecule has 1 aromatic heterocycles. The summed E-state index contributed by atoms with van der Waals surface area (Å²) in [6, 6.07) is 17.0. The fraction of sp³-hybridized carbons (Fsp3) is 0.200. The summed E-state index contributed by atoms with van der Waals surface area (Å²) in [5.41, 5.74) is 1.89. The first kappa shape index (κ1) is 22.9. The van der Waals surface area contributed by atoms with Gasteiger partial charge in [-0.25, -0.2) is 0 Å². The van der Waals surface area contributed by atoms with Crippen LogP contribution in [0.2, 0.25) is 0 Å². The molecule has 2 aromatic carbocycles. The molecule has 0 atom stereocenters. The standard InChI is InChI=1S/C25H23NO5S2/c1-17-6-3-4-8-20(17)30-12-13-31-21-10-9-18(14-22(21)28-2)15-23-24(27)26(25(32)33-23)16-19-7-5-11-29-19/h3-11,14-15H,12-13,16H2,1-2H3. The van der Waals surface area contributed by atoms with Gasteiger partial charge < -0.3 is 18.6 Å². The number of amides is 1. The molecule has 1 fully saturated rings. The van der Waals surface area contributed by atoms with Crippen LogP contribution < -0.4 is 14.2 Å². The van der Waals surface area contributed by atoms with Crippen molar-refractivity contribution < 1.29 is 23.4 Å². The third-order valence-corrected chi connectivity index (χ3v) is 6.32. The Balaban J connectivity index is 1.39. The number of furan rings is 1. The van der Waals surface area contributed by atoms with E-state index in [0.717, 1.165) is 16.9 Å². The molecule has 2 heterocycles. The van der Waals surface area contributed by atoms with Crippen LogP contribution in [0.25, 0.3) is 6.08 Å². The van der Waals surface area contributed by atoms with E-state index in [2.05, 4.69) is 0 Å². The molecule has 0 radical (unpaired) electrons. The van der Waals surface area contributed by atoms with E-state index in [-0.39, 0.29) is 5.91 Å². The number of hydrogen-bond donors (Lipinski definition) is 0. The van der Waals surface area contributed by atoms with E-state index in [4.69, 9.17) is 30.8 Å².